The quantitative estimate of drug-likeness (QED) is 0.419. The van der Waals surface area contributed by atoms with Gasteiger partial charge in [0, 0.05) is 23.4 Å². The van der Waals surface area contributed by atoms with Gasteiger partial charge in [0.05, 0.1) is 28.0 Å². The molecule has 1 spiro atoms. The largest absolute Gasteiger partial charge is 0.324 e. The zero-order valence-corrected chi connectivity index (χ0v) is 19.1. The minimum absolute atomic E-state index is 0.151. The number of nitro groups is 1. The average Bonchev–Trinajstić information content (AvgIpc) is 3.50. The Hall–Kier alpha value is -3.59. The SMILES string of the molecule is Cc1ccc2c(c1C)NC(=O)C21C2C(=O)N(c3cccc([N+](=O)[O-])c3C)C(=O)C2C2CCCN21. The fraction of sp³-hybridized carbons (Fsp3) is 0.400. The second kappa shape index (κ2) is 6.73. The summed E-state index contributed by atoms with van der Waals surface area (Å²) in [5.74, 6) is -2.67. The molecule has 4 aliphatic heterocycles. The first-order valence-corrected chi connectivity index (χ1v) is 11.5. The molecule has 3 amide bonds. The van der Waals surface area contributed by atoms with E-state index in [1.54, 1.807) is 13.0 Å². The van der Waals surface area contributed by atoms with Gasteiger partial charge in [0.2, 0.25) is 17.7 Å². The predicted octanol–water partition coefficient (Wildman–Crippen LogP) is 2.95. The maximum absolute atomic E-state index is 14.1. The van der Waals surface area contributed by atoms with Crippen LogP contribution in [0.25, 0.3) is 0 Å². The minimum atomic E-state index is -1.25. The molecule has 2 aromatic carbocycles. The van der Waals surface area contributed by atoms with E-state index in [9.17, 15) is 24.5 Å². The normalized spacial score (nSPS) is 29.6. The lowest BCUT2D eigenvalue weighted by molar-refractivity contribution is -0.385. The van der Waals surface area contributed by atoms with E-state index >= 15 is 0 Å². The first kappa shape index (κ1) is 21.0. The third kappa shape index (κ3) is 2.25. The van der Waals surface area contributed by atoms with E-state index in [4.69, 9.17) is 0 Å². The van der Waals surface area contributed by atoms with Crippen molar-refractivity contribution in [3.8, 4) is 0 Å². The van der Waals surface area contributed by atoms with E-state index in [2.05, 4.69) is 10.2 Å². The van der Waals surface area contributed by atoms with Gasteiger partial charge in [-0.05, 0) is 57.4 Å². The van der Waals surface area contributed by atoms with Gasteiger partial charge in [0.25, 0.3) is 5.69 Å². The number of nitro benzene ring substituents is 1. The summed E-state index contributed by atoms with van der Waals surface area (Å²) in [4.78, 5) is 55.8. The molecule has 0 saturated carbocycles. The van der Waals surface area contributed by atoms with Crippen molar-refractivity contribution in [2.45, 2.75) is 45.2 Å². The maximum Gasteiger partial charge on any atom is 0.274 e. The number of anilines is 2. The molecule has 4 unspecified atom stereocenters. The number of nitrogens with one attached hydrogen (secondary N) is 1. The predicted molar refractivity (Wildman–Crippen MR) is 123 cm³/mol. The molecule has 0 aliphatic carbocycles. The number of hydrogen-bond donors (Lipinski definition) is 1. The van der Waals surface area contributed by atoms with Crippen LogP contribution in [-0.2, 0) is 19.9 Å². The number of hydrogen-bond acceptors (Lipinski definition) is 6. The molecule has 9 heteroatoms. The van der Waals surface area contributed by atoms with Crippen molar-refractivity contribution in [3.05, 3.63) is 62.7 Å². The van der Waals surface area contributed by atoms with Gasteiger partial charge in [-0.3, -0.25) is 29.4 Å². The Kier molecular flexibility index (Phi) is 4.15. The standard InChI is InChI=1S/C25H24N4O5/c1-12-9-10-15-21(13(12)2)26-24(32)25(15)20-19(18-8-5-11-27(18)25)22(30)28(23(20)31)16-6-4-7-17(14(16)3)29(33)34/h4,6-7,9-10,18-20H,5,8,11H2,1-3H3,(H,26,32). The van der Waals surface area contributed by atoms with Crippen molar-refractivity contribution < 1.29 is 19.3 Å². The third-order valence-electron chi connectivity index (χ3n) is 8.41. The van der Waals surface area contributed by atoms with Crippen LogP contribution >= 0.6 is 0 Å². The Morgan fingerprint density at radius 2 is 1.82 bits per heavy atom. The summed E-state index contributed by atoms with van der Waals surface area (Å²) >= 11 is 0. The lowest BCUT2D eigenvalue weighted by atomic mass is 9.75. The molecule has 4 aliphatic rings. The molecule has 4 heterocycles. The number of rotatable bonds is 2. The molecule has 0 radical (unpaired) electrons. The van der Waals surface area contributed by atoms with Crippen LogP contribution in [0.15, 0.2) is 30.3 Å². The molecule has 3 saturated heterocycles. The molecule has 0 bridgehead atoms. The van der Waals surface area contributed by atoms with Crippen molar-refractivity contribution >= 4 is 34.8 Å². The Morgan fingerprint density at radius 1 is 1.06 bits per heavy atom. The summed E-state index contributed by atoms with van der Waals surface area (Å²) in [6.07, 6.45) is 1.55. The van der Waals surface area contributed by atoms with Crippen molar-refractivity contribution in [3.63, 3.8) is 0 Å². The van der Waals surface area contributed by atoms with Crippen molar-refractivity contribution in [1.29, 1.82) is 0 Å². The molecular weight excluding hydrogens is 436 g/mol. The molecule has 0 aromatic heterocycles. The number of nitrogens with zero attached hydrogens (tertiary/aromatic N) is 3. The Morgan fingerprint density at radius 3 is 2.56 bits per heavy atom. The first-order valence-electron chi connectivity index (χ1n) is 11.5. The summed E-state index contributed by atoms with van der Waals surface area (Å²) in [6.45, 7) is 6.10. The highest BCUT2D eigenvalue weighted by Crippen LogP contribution is 2.61. The van der Waals surface area contributed by atoms with E-state index in [0.29, 0.717) is 6.54 Å². The van der Waals surface area contributed by atoms with Crippen LogP contribution in [0, 0.1) is 42.7 Å². The first-order chi connectivity index (χ1) is 16.2. The maximum atomic E-state index is 14.1. The lowest BCUT2D eigenvalue weighted by Crippen LogP contribution is -2.54. The molecular formula is C25H24N4O5. The van der Waals surface area contributed by atoms with Crippen molar-refractivity contribution in [1.82, 2.24) is 4.90 Å². The fourth-order valence-corrected chi connectivity index (χ4v) is 6.81. The molecule has 2 aromatic rings. The number of carbonyl (C=O) groups excluding carboxylic acids is 3. The van der Waals surface area contributed by atoms with Gasteiger partial charge in [-0.25, -0.2) is 4.90 Å². The van der Waals surface area contributed by atoms with E-state index in [0.717, 1.165) is 40.1 Å². The van der Waals surface area contributed by atoms with E-state index < -0.39 is 28.2 Å². The van der Waals surface area contributed by atoms with Crippen LogP contribution in [-0.4, -0.2) is 40.1 Å². The summed E-state index contributed by atoms with van der Waals surface area (Å²) < 4.78 is 0. The van der Waals surface area contributed by atoms with Crippen LogP contribution in [0.1, 0.15) is 35.1 Å². The van der Waals surface area contributed by atoms with Gasteiger partial charge in [-0.1, -0.05) is 18.2 Å². The third-order valence-corrected chi connectivity index (χ3v) is 8.41. The zero-order chi connectivity index (χ0) is 24.1. The van der Waals surface area contributed by atoms with Crippen molar-refractivity contribution in [2.75, 3.05) is 16.8 Å². The smallest absolute Gasteiger partial charge is 0.274 e. The molecule has 1 N–H and O–H groups in total. The summed E-state index contributed by atoms with van der Waals surface area (Å²) in [5, 5.41) is 14.5. The summed E-state index contributed by atoms with van der Waals surface area (Å²) in [6, 6.07) is 8.04. The second-order valence-electron chi connectivity index (χ2n) is 9.75. The number of fused-ring (bicyclic) bond motifs is 7. The fourth-order valence-electron chi connectivity index (χ4n) is 6.81. The number of carbonyl (C=O) groups is 3. The number of amides is 3. The van der Waals surface area contributed by atoms with Gasteiger partial charge in [0.1, 0.15) is 5.54 Å². The Balaban J connectivity index is 1.56. The van der Waals surface area contributed by atoms with Crippen LogP contribution < -0.4 is 10.2 Å². The van der Waals surface area contributed by atoms with E-state index in [-0.39, 0.29) is 34.8 Å². The Bertz CT molecular complexity index is 1340. The molecule has 3 fully saturated rings. The van der Waals surface area contributed by atoms with Crippen LogP contribution in [0.3, 0.4) is 0 Å². The van der Waals surface area contributed by atoms with Gasteiger partial charge >= 0.3 is 0 Å². The van der Waals surface area contributed by atoms with Crippen molar-refractivity contribution in [2.24, 2.45) is 11.8 Å². The topological polar surface area (TPSA) is 113 Å². The van der Waals surface area contributed by atoms with Crippen LogP contribution in [0.5, 0.6) is 0 Å². The van der Waals surface area contributed by atoms with E-state index in [1.165, 1.54) is 12.1 Å². The van der Waals surface area contributed by atoms with Crippen LogP contribution in [0.4, 0.5) is 17.1 Å². The number of aryl methyl sites for hydroxylation is 1. The monoisotopic (exact) mass is 460 g/mol. The highest BCUT2D eigenvalue weighted by Gasteiger charge is 2.74. The average molecular weight is 460 g/mol. The second-order valence-corrected chi connectivity index (χ2v) is 9.75. The van der Waals surface area contributed by atoms with Crippen LogP contribution in [0.2, 0.25) is 0 Å². The molecule has 34 heavy (non-hydrogen) atoms. The lowest BCUT2D eigenvalue weighted by Gasteiger charge is -2.36. The molecule has 9 nitrogen and oxygen atoms in total. The number of imide groups is 1. The van der Waals surface area contributed by atoms with Gasteiger partial charge in [0.15, 0.2) is 0 Å². The molecule has 174 valence electrons. The van der Waals surface area contributed by atoms with Gasteiger partial charge < -0.3 is 5.32 Å². The Labute approximate surface area is 195 Å². The molecule has 6 rings (SSSR count). The number of benzene rings is 2. The zero-order valence-electron chi connectivity index (χ0n) is 19.1. The summed E-state index contributed by atoms with van der Waals surface area (Å²) in [7, 11) is 0. The van der Waals surface area contributed by atoms with Gasteiger partial charge in [-0.15, -0.1) is 0 Å². The molecule has 4 atom stereocenters. The van der Waals surface area contributed by atoms with Gasteiger partial charge in [-0.2, -0.15) is 0 Å². The van der Waals surface area contributed by atoms with E-state index in [1.807, 2.05) is 26.0 Å². The highest BCUT2D eigenvalue weighted by atomic mass is 16.6. The minimum Gasteiger partial charge on any atom is -0.324 e. The highest BCUT2D eigenvalue weighted by molar-refractivity contribution is 6.26. The summed E-state index contributed by atoms with van der Waals surface area (Å²) in [5.41, 5.74) is 2.53.